The third-order valence-corrected chi connectivity index (χ3v) is 4.58. The van der Waals surface area contributed by atoms with Gasteiger partial charge in [0.15, 0.2) is 0 Å². The van der Waals surface area contributed by atoms with Crippen LogP contribution in [0.2, 0.25) is 0 Å². The normalized spacial score (nSPS) is 19.2. The van der Waals surface area contributed by atoms with Gasteiger partial charge in [0.05, 0.1) is 5.41 Å². The fraction of sp³-hybridized carbons (Fsp3) is 0.562. The molecule has 1 atom stereocenters. The number of nitrogens with zero attached hydrogens (tertiary/aromatic N) is 1. The molecule has 1 unspecified atom stereocenters. The molecule has 110 valence electrons. The summed E-state index contributed by atoms with van der Waals surface area (Å²) in [6, 6.07) is 6.56. The summed E-state index contributed by atoms with van der Waals surface area (Å²) in [7, 11) is 1.88. The van der Waals surface area contributed by atoms with Gasteiger partial charge >= 0.3 is 5.97 Å². The van der Waals surface area contributed by atoms with Crippen LogP contribution in [0, 0.1) is 11.2 Å². The van der Waals surface area contributed by atoms with Gasteiger partial charge in [0.1, 0.15) is 5.82 Å². The molecule has 1 fully saturated rings. The van der Waals surface area contributed by atoms with Crippen LogP contribution in [0.25, 0.3) is 0 Å². The number of benzene rings is 1. The van der Waals surface area contributed by atoms with E-state index in [1.165, 1.54) is 6.07 Å². The van der Waals surface area contributed by atoms with E-state index in [1.54, 1.807) is 12.1 Å². The number of aliphatic carboxylic acids is 1. The highest BCUT2D eigenvalue weighted by molar-refractivity contribution is 5.75. The van der Waals surface area contributed by atoms with Gasteiger partial charge in [-0.2, -0.15) is 0 Å². The molecule has 0 bridgehead atoms. The van der Waals surface area contributed by atoms with E-state index in [0.717, 1.165) is 25.7 Å². The zero-order valence-corrected chi connectivity index (χ0v) is 12.1. The number of halogens is 1. The zero-order chi connectivity index (χ0) is 14.8. The molecule has 4 heteroatoms. The highest BCUT2D eigenvalue weighted by Gasteiger charge is 2.42. The van der Waals surface area contributed by atoms with Crippen molar-refractivity contribution in [2.75, 3.05) is 13.6 Å². The van der Waals surface area contributed by atoms with E-state index in [9.17, 15) is 14.3 Å². The molecule has 1 aliphatic carbocycles. The molecule has 0 amide bonds. The lowest BCUT2D eigenvalue weighted by Gasteiger charge is -2.33. The van der Waals surface area contributed by atoms with Gasteiger partial charge in [-0.15, -0.1) is 0 Å². The summed E-state index contributed by atoms with van der Waals surface area (Å²) in [6.45, 7) is 2.39. The molecule has 1 aromatic carbocycles. The summed E-state index contributed by atoms with van der Waals surface area (Å²) in [5.41, 5.74) is -0.0395. The lowest BCUT2D eigenvalue weighted by molar-refractivity contribution is -0.150. The first-order valence-corrected chi connectivity index (χ1v) is 7.14. The summed E-state index contributed by atoms with van der Waals surface area (Å²) in [6.07, 6.45) is 3.37. The van der Waals surface area contributed by atoms with E-state index < -0.39 is 11.4 Å². The van der Waals surface area contributed by atoms with Crippen molar-refractivity contribution >= 4 is 5.97 Å². The maximum absolute atomic E-state index is 13.8. The van der Waals surface area contributed by atoms with Gasteiger partial charge in [-0.1, -0.05) is 31.0 Å². The van der Waals surface area contributed by atoms with Crippen LogP contribution in [0.15, 0.2) is 24.3 Å². The van der Waals surface area contributed by atoms with Gasteiger partial charge < -0.3 is 5.11 Å². The molecule has 1 N–H and O–H groups in total. The average Bonchev–Trinajstić information content (AvgIpc) is 2.88. The Labute approximate surface area is 119 Å². The summed E-state index contributed by atoms with van der Waals surface area (Å²) < 4.78 is 13.8. The van der Waals surface area contributed by atoms with Crippen LogP contribution in [-0.4, -0.2) is 29.6 Å². The first kappa shape index (κ1) is 15.0. The number of rotatable bonds is 5. The Morgan fingerprint density at radius 3 is 2.55 bits per heavy atom. The van der Waals surface area contributed by atoms with E-state index in [4.69, 9.17) is 0 Å². The maximum Gasteiger partial charge on any atom is 0.310 e. The molecule has 1 saturated carbocycles. The van der Waals surface area contributed by atoms with Crippen molar-refractivity contribution in [1.82, 2.24) is 4.90 Å². The van der Waals surface area contributed by atoms with Crippen molar-refractivity contribution in [3.8, 4) is 0 Å². The largest absolute Gasteiger partial charge is 0.481 e. The second kappa shape index (κ2) is 5.92. The standard InChI is InChI=1S/C16H22FNO2/c1-12(13-7-3-4-8-14(13)17)18(2)11-16(15(19)20)9-5-6-10-16/h3-4,7-8,12H,5-6,9-11H2,1-2H3,(H,19,20). The van der Waals surface area contributed by atoms with Gasteiger partial charge in [-0.3, -0.25) is 9.69 Å². The molecule has 0 saturated heterocycles. The first-order valence-electron chi connectivity index (χ1n) is 7.14. The summed E-state index contributed by atoms with van der Waals surface area (Å²) in [5.74, 6) is -0.953. The Kier molecular flexibility index (Phi) is 4.43. The summed E-state index contributed by atoms with van der Waals surface area (Å²) in [5, 5.41) is 9.52. The molecule has 0 aliphatic heterocycles. The second-order valence-corrected chi connectivity index (χ2v) is 5.91. The number of carboxylic acid groups (broad SMARTS) is 1. The summed E-state index contributed by atoms with van der Waals surface area (Å²) >= 11 is 0. The molecule has 0 spiro atoms. The second-order valence-electron chi connectivity index (χ2n) is 5.91. The Morgan fingerprint density at radius 2 is 2.00 bits per heavy atom. The van der Waals surface area contributed by atoms with Crippen LogP contribution < -0.4 is 0 Å². The lowest BCUT2D eigenvalue weighted by atomic mass is 9.85. The van der Waals surface area contributed by atoms with Crippen LogP contribution in [-0.2, 0) is 4.79 Å². The van der Waals surface area contributed by atoms with Crippen LogP contribution in [0.3, 0.4) is 0 Å². The Morgan fingerprint density at radius 1 is 1.40 bits per heavy atom. The molecule has 0 radical (unpaired) electrons. The van der Waals surface area contributed by atoms with E-state index in [1.807, 2.05) is 24.9 Å². The predicted octanol–water partition coefficient (Wildman–Crippen LogP) is 3.46. The fourth-order valence-electron chi connectivity index (χ4n) is 3.16. The predicted molar refractivity (Wildman–Crippen MR) is 76.0 cm³/mol. The minimum atomic E-state index is -0.720. The minimum absolute atomic E-state index is 0.131. The highest BCUT2D eigenvalue weighted by atomic mass is 19.1. The Balaban J connectivity index is 2.13. The maximum atomic E-state index is 13.8. The number of hydrogen-bond donors (Lipinski definition) is 1. The van der Waals surface area contributed by atoms with Gasteiger partial charge in [-0.05, 0) is 32.9 Å². The average molecular weight is 279 g/mol. The fourth-order valence-corrected chi connectivity index (χ4v) is 3.16. The van der Waals surface area contributed by atoms with Gasteiger partial charge in [0.2, 0.25) is 0 Å². The molecule has 1 aliphatic rings. The first-order chi connectivity index (χ1) is 9.46. The molecular formula is C16H22FNO2. The smallest absolute Gasteiger partial charge is 0.310 e. The number of hydrogen-bond acceptors (Lipinski definition) is 2. The van der Waals surface area contributed by atoms with Crippen molar-refractivity contribution in [3.05, 3.63) is 35.6 Å². The van der Waals surface area contributed by atoms with Gasteiger partial charge in [0, 0.05) is 18.2 Å². The van der Waals surface area contributed by atoms with Crippen molar-refractivity contribution in [3.63, 3.8) is 0 Å². The van der Waals surface area contributed by atoms with E-state index in [-0.39, 0.29) is 11.9 Å². The number of carboxylic acids is 1. The highest BCUT2D eigenvalue weighted by Crippen LogP contribution is 2.40. The van der Waals surface area contributed by atoms with E-state index in [2.05, 4.69) is 0 Å². The van der Waals surface area contributed by atoms with E-state index in [0.29, 0.717) is 12.1 Å². The topological polar surface area (TPSA) is 40.5 Å². The molecule has 3 nitrogen and oxygen atoms in total. The third-order valence-electron chi connectivity index (χ3n) is 4.58. The van der Waals surface area contributed by atoms with Crippen molar-refractivity contribution < 1.29 is 14.3 Å². The number of carbonyl (C=O) groups is 1. The molecule has 0 aromatic heterocycles. The minimum Gasteiger partial charge on any atom is -0.481 e. The van der Waals surface area contributed by atoms with Crippen LogP contribution in [0.4, 0.5) is 4.39 Å². The van der Waals surface area contributed by atoms with Crippen LogP contribution >= 0.6 is 0 Å². The quantitative estimate of drug-likeness (QED) is 0.897. The molecule has 20 heavy (non-hydrogen) atoms. The molecule has 2 rings (SSSR count). The Bertz CT molecular complexity index is 483. The monoisotopic (exact) mass is 279 g/mol. The molecule has 1 aromatic rings. The Hall–Kier alpha value is -1.42. The van der Waals surface area contributed by atoms with Crippen molar-refractivity contribution in [1.29, 1.82) is 0 Å². The van der Waals surface area contributed by atoms with Gasteiger partial charge in [0.25, 0.3) is 0 Å². The van der Waals surface area contributed by atoms with E-state index >= 15 is 0 Å². The SMILES string of the molecule is CC(c1ccccc1F)N(C)CC1(C(=O)O)CCCC1. The molecular weight excluding hydrogens is 257 g/mol. The van der Waals surface area contributed by atoms with Gasteiger partial charge in [-0.25, -0.2) is 4.39 Å². The third kappa shape index (κ3) is 2.85. The zero-order valence-electron chi connectivity index (χ0n) is 12.1. The van der Waals surface area contributed by atoms with Crippen molar-refractivity contribution in [2.24, 2.45) is 5.41 Å². The van der Waals surface area contributed by atoms with Crippen LogP contribution in [0.1, 0.15) is 44.2 Å². The molecule has 0 heterocycles. The summed E-state index contributed by atoms with van der Waals surface area (Å²) in [4.78, 5) is 13.5. The lowest BCUT2D eigenvalue weighted by Crippen LogP contribution is -2.40. The van der Waals surface area contributed by atoms with Crippen molar-refractivity contribution in [2.45, 2.75) is 38.6 Å². The van der Waals surface area contributed by atoms with Crippen LogP contribution in [0.5, 0.6) is 0 Å².